The first-order valence-electron chi connectivity index (χ1n) is 5.67. The average Bonchev–Trinajstić information content (AvgIpc) is 2.58. The van der Waals surface area contributed by atoms with E-state index in [9.17, 15) is 0 Å². The van der Waals surface area contributed by atoms with Gasteiger partial charge in [0.15, 0.2) is 0 Å². The monoisotopic (exact) mass is 231 g/mol. The highest BCUT2D eigenvalue weighted by molar-refractivity contribution is 7.13. The molecule has 2 saturated heterocycles. The SMILES string of the molecule is c1ccc2c(N3CC4(CNC4)C3)nsc2c1. The number of aromatic nitrogens is 1. The summed E-state index contributed by atoms with van der Waals surface area (Å²) in [5, 5.41) is 4.68. The van der Waals surface area contributed by atoms with Crippen LogP contribution in [0.25, 0.3) is 10.1 Å². The molecule has 0 radical (unpaired) electrons. The second-order valence-electron chi connectivity index (χ2n) is 4.96. The summed E-state index contributed by atoms with van der Waals surface area (Å²) in [6.45, 7) is 4.72. The quantitative estimate of drug-likeness (QED) is 0.810. The largest absolute Gasteiger partial charge is 0.354 e. The second-order valence-corrected chi connectivity index (χ2v) is 5.77. The van der Waals surface area contributed by atoms with Gasteiger partial charge in [0.2, 0.25) is 0 Å². The number of rotatable bonds is 1. The molecular weight excluding hydrogens is 218 g/mol. The highest BCUT2D eigenvalue weighted by Gasteiger charge is 2.48. The van der Waals surface area contributed by atoms with E-state index < -0.39 is 0 Å². The maximum absolute atomic E-state index is 4.59. The van der Waals surface area contributed by atoms with Gasteiger partial charge < -0.3 is 10.2 Å². The molecule has 3 heterocycles. The highest BCUT2D eigenvalue weighted by Crippen LogP contribution is 2.40. The molecule has 0 unspecified atom stereocenters. The Morgan fingerprint density at radius 3 is 2.81 bits per heavy atom. The molecule has 1 spiro atoms. The Balaban J connectivity index is 1.68. The van der Waals surface area contributed by atoms with Crippen molar-refractivity contribution in [2.75, 3.05) is 31.1 Å². The van der Waals surface area contributed by atoms with Crippen molar-refractivity contribution >= 4 is 27.4 Å². The molecule has 16 heavy (non-hydrogen) atoms. The van der Waals surface area contributed by atoms with Crippen LogP contribution in [0.15, 0.2) is 24.3 Å². The molecule has 0 bridgehead atoms. The number of benzene rings is 1. The Kier molecular flexibility index (Phi) is 1.66. The molecule has 2 aliphatic rings. The van der Waals surface area contributed by atoms with Gasteiger partial charge in [0.05, 0.1) is 4.70 Å². The van der Waals surface area contributed by atoms with Crippen molar-refractivity contribution in [3.63, 3.8) is 0 Å². The van der Waals surface area contributed by atoms with Crippen molar-refractivity contribution in [2.45, 2.75) is 0 Å². The maximum Gasteiger partial charge on any atom is 0.150 e. The van der Waals surface area contributed by atoms with Gasteiger partial charge in [0.25, 0.3) is 0 Å². The first-order chi connectivity index (χ1) is 7.86. The second kappa shape index (κ2) is 2.96. The van der Waals surface area contributed by atoms with Gasteiger partial charge in [-0.05, 0) is 23.7 Å². The molecule has 4 rings (SSSR count). The van der Waals surface area contributed by atoms with E-state index in [2.05, 4.69) is 38.9 Å². The maximum atomic E-state index is 4.59. The van der Waals surface area contributed by atoms with Crippen LogP contribution in [0.5, 0.6) is 0 Å². The molecule has 1 N–H and O–H groups in total. The third-order valence-electron chi connectivity index (χ3n) is 3.71. The summed E-state index contributed by atoms with van der Waals surface area (Å²) < 4.78 is 5.88. The minimum Gasteiger partial charge on any atom is -0.354 e. The topological polar surface area (TPSA) is 28.2 Å². The summed E-state index contributed by atoms with van der Waals surface area (Å²) in [6, 6.07) is 8.51. The fourth-order valence-electron chi connectivity index (χ4n) is 2.72. The van der Waals surface area contributed by atoms with Gasteiger partial charge >= 0.3 is 0 Å². The van der Waals surface area contributed by atoms with Crippen molar-refractivity contribution in [1.82, 2.24) is 9.69 Å². The van der Waals surface area contributed by atoms with Gasteiger partial charge in [0, 0.05) is 37.0 Å². The van der Waals surface area contributed by atoms with Crippen LogP contribution in [0.4, 0.5) is 5.82 Å². The highest BCUT2D eigenvalue weighted by atomic mass is 32.1. The molecule has 3 nitrogen and oxygen atoms in total. The minimum absolute atomic E-state index is 0.574. The number of nitrogens with one attached hydrogen (secondary N) is 1. The average molecular weight is 231 g/mol. The van der Waals surface area contributed by atoms with Crippen molar-refractivity contribution in [1.29, 1.82) is 0 Å². The Labute approximate surface area is 98.2 Å². The summed E-state index contributed by atoms with van der Waals surface area (Å²) in [5.74, 6) is 1.19. The van der Waals surface area contributed by atoms with E-state index in [0.29, 0.717) is 5.41 Å². The predicted octanol–water partition coefficient (Wildman–Crippen LogP) is 1.71. The van der Waals surface area contributed by atoms with Crippen LogP contribution in [0, 0.1) is 5.41 Å². The van der Waals surface area contributed by atoms with Gasteiger partial charge in [0.1, 0.15) is 5.82 Å². The van der Waals surface area contributed by atoms with E-state index in [1.54, 1.807) is 11.5 Å². The fraction of sp³-hybridized carbons (Fsp3) is 0.417. The zero-order valence-electron chi connectivity index (χ0n) is 8.94. The number of anilines is 1. The molecule has 0 amide bonds. The Bertz CT molecular complexity index is 536. The van der Waals surface area contributed by atoms with Crippen molar-refractivity contribution in [2.24, 2.45) is 5.41 Å². The van der Waals surface area contributed by atoms with Crippen LogP contribution in [0.1, 0.15) is 0 Å². The molecule has 2 aliphatic heterocycles. The third kappa shape index (κ3) is 1.09. The molecule has 82 valence electrons. The van der Waals surface area contributed by atoms with Crippen LogP contribution >= 0.6 is 11.5 Å². The molecule has 0 aliphatic carbocycles. The van der Waals surface area contributed by atoms with E-state index >= 15 is 0 Å². The fourth-order valence-corrected chi connectivity index (χ4v) is 3.51. The third-order valence-corrected chi connectivity index (χ3v) is 4.53. The van der Waals surface area contributed by atoms with Gasteiger partial charge in [-0.2, -0.15) is 4.37 Å². The lowest BCUT2D eigenvalue weighted by Gasteiger charge is -2.56. The first-order valence-corrected chi connectivity index (χ1v) is 6.44. The zero-order valence-corrected chi connectivity index (χ0v) is 9.76. The molecule has 2 fully saturated rings. The van der Waals surface area contributed by atoms with Crippen LogP contribution in [-0.2, 0) is 0 Å². The lowest BCUT2D eigenvalue weighted by molar-refractivity contribution is 0.121. The van der Waals surface area contributed by atoms with E-state index in [1.165, 1.54) is 42.1 Å². The molecule has 0 saturated carbocycles. The van der Waals surface area contributed by atoms with Crippen LogP contribution in [0.2, 0.25) is 0 Å². The summed E-state index contributed by atoms with van der Waals surface area (Å²) in [6.07, 6.45) is 0. The first kappa shape index (κ1) is 8.96. The van der Waals surface area contributed by atoms with E-state index in [0.717, 1.165) is 0 Å². The normalized spacial score (nSPS) is 22.1. The van der Waals surface area contributed by atoms with Gasteiger partial charge in [-0.1, -0.05) is 12.1 Å². The number of hydrogen-bond donors (Lipinski definition) is 1. The summed E-state index contributed by atoms with van der Waals surface area (Å²) in [5.41, 5.74) is 0.574. The Hall–Kier alpha value is -1.13. The van der Waals surface area contributed by atoms with E-state index in [-0.39, 0.29) is 0 Å². The minimum atomic E-state index is 0.574. The molecular formula is C12H13N3S. The summed E-state index contributed by atoms with van der Waals surface area (Å²) in [7, 11) is 0. The van der Waals surface area contributed by atoms with Crippen LogP contribution < -0.4 is 10.2 Å². The van der Waals surface area contributed by atoms with Gasteiger partial charge in [-0.3, -0.25) is 0 Å². The van der Waals surface area contributed by atoms with Gasteiger partial charge in [-0.25, -0.2) is 0 Å². The smallest absolute Gasteiger partial charge is 0.150 e. The van der Waals surface area contributed by atoms with E-state index in [1.807, 2.05) is 0 Å². The molecule has 0 atom stereocenters. The molecule has 1 aromatic heterocycles. The summed E-state index contributed by atoms with van der Waals surface area (Å²) >= 11 is 1.61. The Morgan fingerprint density at radius 2 is 2.06 bits per heavy atom. The molecule has 4 heteroatoms. The number of hydrogen-bond acceptors (Lipinski definition) is 4. The van der Waals surface area contributed by atoms with Crippen LogP contribution in [-0.4, -0.2) is 30.6 Å². The van der Waals surface area contributed by atoms with Crippen molar-refractivity contribution < 1.29 is 0 Å². The lowest BCUT2D eigenvalue weighted by Crippen LogP contribution is -2.71. The molecule has 1 aromatic carbocycles. The zero-order chi connectivity index (χ0) is 10.6. The van der Waals surface area contributed by atoms with Crippen molar-refractivity contribution in [3.8, 4) is 0 Å². The molecule has 2 aromatic rings. The van der Waals surface area contributed by atoms with E-state index in [4.69, 9.17) is 0 Å². The standard InChI is InChI=1S/C12H13N3S/c1-2-4-10-9(3-1)11(14-16-10)15-7-12(8-15)5-13-6-12/h1-4,13H,5-8H2. The number of nitrogens with zero attached hydrogens (tertiary/aromatic N) is 2. The predicted molar refractivity (Wildman–Crippen MR) is 67.1 cm³/mol. The Morgan fingerprint density at radius 1 is 1.25 bits per heavy atom. The summed E-state index contributed by atoms with van der Waals surface area (Å²) in [4.78, 5) is 2.42. The number of fused-ring (bicyclic) bond motifs is 1. The van der Waals surface area contributed by atoms with Crippen LogP contribution in [0.3, 0.4) is 0 Å². The lowest BCUT2D eigenvalue weighted by atomic mass is 9.74. The van der Waals surface area contributed by atoms with Gasteiger partial charge in [-0.15, -0.1) is 0 Å². The van der Waals surface area contributed by atoms with Crippen molar-refractivity contribution in [3.05, 3.63) is 24.3 Å².